The van der Waals surface area contributed by atoms with Gasteiger partial charge in [-0.25, -0.2) is 4.99 Å². The topological polar surface area (TPSA) is 36.4 Å². The summed E-state index contributed by atoms with van der Waals surface area (Å²) < 4.78 is 1.38. The Morgan fingerprint density at radius 3 is 2.38 bits per heavy atom. The molecule has 0 spiro atoms. The highest BCUT2D eigenvalue weighted by Crippen LogP contribution is 2.56. The van der Waals surface area contributed by atoms with Crippen LogP contribution in [0.25, 0.3) is 49.2 Å². The fourth-order valence-corrected chi connectivity index (χ4v) is 9.74. The number of aryl methyl sites for hydroxylation is 1. The van der Waals surface area contributed by atoms with Crippen molar-refractivity contribution in [1.82, 2.24) is 10.6 Å². The number of nitrogens with zero attached hydrogens (tertiary/aromatic N) is 1. The molecule has 2 atom stereocenters. The number of thiophene rings is 1. The summed E-state index contributed by atoms with van der Waals surface area (Å²) in [6.07, 6.45) is 6.68. The summed E-state index contributed by atoms with van der Waals surface area (Å²) in [5, 5.41) is 11.5. The molecule has 2 heterocycles. The van der Waals surface area contributed by atoms with Crippen molar-refractivity contribution in [2.24, 2.45) is 4.99 Å². The molecule has 3 nitrogen and oxygen atoms in total. The maximum atomic E-state index is 5.29. The molecule has 3 aliphatic rings. The lowest BCUT2D eigenvalue weighted by atomic mass is 9.80. The van der Waals surface area contributed by atoms with Crippen molar-refractivity contribution in [3.8, 4) is 22.3 Å². The van der Waals surface area contributed by atoms with E-state index in [1.54, 1.807) is 0 Å². The van der Waals surface area contributed by atoms with Gasteiger partial charge < -0.3 is 5.32 Å². The summed E-state index contributed by atoms with van der Waals surface area (Å²) in [5.41, 5.74) is 12.8. The zero-order chi connectivity index (χ0) is 33.4. The van der Waals surface area contributed by atoms with Gasteiger partial charge in [0.05, 0.1) is 0 Å². The quantitative estimate of drug-likeness (QED) is 0.197. The largest absolute Gasteiger partial charge is 0.350 e. The van der Waals surface area contributed by atoms with Crippen molar-refractivity contribution >= 4 is 44.1 Å². The van der Waals surface area contributed by atoms with Crippen LogP contribution in [-0.2, 0) is 11.8 Å². The van der Waals surface area contributed by atoms with E-state index in [0.717, 1.165) is 24.2 Å². The molecule has 6 aromatic carbocycles. The van der Waals surface area contributed by atoms with Crippen LogP contribution in [0.5, 0.6) is 0 Å². The average Bonchev–Trinajstić information content (AvgIpc) is 3.66. The first-order chi connectivity index (χ1) is 24.5. The number of hydrogen-bond donors (Lipinski definition) is 2. The summed E-state index contributed by atoms with van der Waals surface area (Å²) in [7, 11) is 0. The Morgan fingerprint density at radius 2 is 1.52 bits per heavy atom. The van der Waals surface area contributed by atoms with Crippen molar-refractivity contribution in [2.75, 3.05) is 0 Å². The third kappa shape index (κ3) is 4.56. The molecule has 242 valence electrons. The minimum Gasteiger partial charge on any atom is -0.350 e. The van der Waals surface area contributed by atoms with Crippen LogP contribution in [0.15, 0.2) is 138 Å². The molecule has 0 bridgehead atoms. The van der Waals surface area contributed by atoms with Crippen LogP contribution >= 0.6 is 11.3 Å². The van der Waals surface area contributed by atoms with Gasteiger partial charge in [0.15, 0.2) is 0 Å². The zero-order valence-corrected chi connectivity index (χ0v) is 29.0. The second kappa shape index (κ2) is 11.4. The molecule has 2 aliphatic carbocycles. The second-order valence-corrected chi connectivity index (χ2v) is 15.4. The number of fused-ring (bicyclic) bond motifs is 7. The molecule has 0 saturated carbocycles. The SMILES string of the molecule is CC1(C)c2cc(C3N=C(c4ccccc4)NC(c4ccccc4)N3)ccc2-c2c1cc1ccccc1c2-c1cccc2sc3c(c12)C=CCC3. The van der Waals surface area contributed by atoms with Gasteiger partial charge in [0.2, 0.25) is 0 Å². The van der Waals surface area contributed by atoms with Crippen molar-refractivity contribution in [1.29, 1.82) is 0 Å². The Labute approximate surface area is 297 Å². The van der Waals surface area contributed by atoms with E-state index in [4.69, 9.17) is 4.99 Å². The van der Waals surface area contributed by atoms with Crippen molar-refractivity contribution in [2.45, 2.75) is 44.4 Å². The van der Waals surface area contributed by atoms with Gasteiger partial charge in [0.1, 0.15) is 18.2 Å². The molecule has 2 unspecified atom stereocenters. The maximum Gasteiger partial charge on any atom is 0.131 e. The van der Waals surface area contributed by atoms with E-state index >= 15 is 0 Å². The lowest BCUT2D eigenvalue weighted by Gasteiger charge is -2.32. The average molecular weight is 664 g/mol. The van der Waals surface area contributed by atoms with Gasteiger partial charge in [-0.05, 0) is 85.8 Å². The molecule has 0 radical (unpaired) electrons. The van der Waals surface area contributed by atoms with Crippen molar-refractivity contribution in [3.05, 3.63) is 172 Å². The van der Waals surface area contributed by atoms with Gasteiger partial charge in [0, 0.05) is 25.9 Å². The number of rotatable bonds is 4. The van der Waals surface area contributed by atoms with E-state index in [1.165, 1.54) is 75.8 Å². The predicted molar refractivity (Wildman–Crippen MR) is 211 cm³/mol. The van der Waals surface area contributed by atoms with Crippen LogP contribution < -0.4 is 10.6 Å². The summed E-state index contributed by atoms with van der Waals surface area (Å²) in [5.74, 6) is 0.904. The number of benzene rings is 6. The summed E-state index contributed by atoms with van der Waals surface area (Å²) in [6.45, 7) is 4.80. The monoisotopic (exact) mass is 663 g/mol. The van der Waals surface area contributed by atoms with E-state index in [1.807, 2.05) is 11.3 Å². The van der Waals surface area contributed by atoms with E-state index in [-0.39, 0.29) is 17.7 Å². The molecule has 2 N–H and O–H groups in total. The molecule has 0 saturated heterocycles. The smallest absolute Gasteiger partial charge is 0.131 e. The molecule has 1 aliphatic heterocycles. The van der Waals surface area contributed by atoms with E-state index < -0.39 is 0 Å². The van der Waals surface area contributed by atoms with Crippen LogP contribution in [0.1, 0.15) is 70.9 Å². The summed E-state index contributed by atoms with van der Waals surface area (Å²) in [4.78, 5) is 6.80. The van der Waals surface area contributed by atoms with E-state index in [2.05, 4.69) is 164 Å². The lowest BCUT2D eigenvalue weighted by Crippen LogP contribution is -2.45. The fraction of sp³-hybridized carbons (Fsp3) is 0.152. The highest BCUT2D eigenvalue weighted by atomic mass is 32.1. The Morgan fingerprint density at radius 1 is 0.720 bits per heavy atom. The van der Waals surface area contributed by atoms with E-state index in [9.17, 15) is 0 Å². The number of hydrogen-bond acceptors (Lipinski definition) is 4. The standard InChI is InChI=1S/C46H37N3S/c1-46(2)36-27-31(45-48-43(28-14-5-3-6-15-28)47-44(49-45)29-16-7-4-8-17-29)24-25-33(36)42-37(46)26-30-18-9-10-19-32(30)41(42)35-21-13-23-39-40(35)34-20-11-12-22-38(34)50-39/h3-11,13-21,23-27,43,45,48H,12,22H2,1-2H3,(H,47,49). The number of allylic oxidation sites excluding steroid dienone is 1. The van der Waals surface area contributed by atoms with Gasteiger partial charge in [-0.15, -0.1) is 11.3 Å². The second-order valence-electron chi connectivity index (χ2n) is 14.3. The first-order valence-corrected chi connectivity index (χ1v) is 18.5. The predicted octanol–water partition coefficient (Wildman–Crippen LogP) is 11.3. The molecule has 1 aromatic heterocycles. The third-order valence-electron chi connectivity index (χ3n) is 11.0. The molecule has 50 heavy (non-hydrogen) atoms. The molecular formula is C46H37N3S. The minimum absolute atomic E-state index is 0.0738. The van der Waals surface area contributed by atoms with Gasteiger partial charge in [-0.3, -0.25) is 5.32 Å². The Kier molecular flexibility index (Phi) is 6.74. The summed E-state index contributed by atoms with van der Waals surface area (Å²) >= 11 is 1.97. The number of amidine groups is 1. The molecular weight excluding hydrogens is 627 g/mol. The van der Waals surface area contributed by atoms with Crippen LogP contribution in [0.2, 0.25) is 0 Å². The minimum atomic E-state index is -0.210. The van der Waals surface area contributed by atoms with Crippen LogP contribution in [0, 0.1) is 0 Å². The molecule has 0 fully saturated rings. The third-order valence-corrected chi connectivity index (χ3v) is 12.2. The van der Waals surface area contributed by atoms with Gasteiger partial charge in [-0.1, -0.05) is 141 Å². The molecule has 10 rings (SSSR count). The van der Waals surface area contributed by atoms with E-state index in [0.29, 0.717) is 0 Å². The first kappa shape index (κ1) is 29.6. The Hall–Kier alpha value is -5.29. The first-order valence-electron chi connectivity index (χ1n) is 17.7. The fourth-order valence-electron chi connectivity index (χ4n) is 8.51. The van der Waals surface area contributed by atoms with Crippen molar-refractivity contribution < 1.29 is 0 Å². The molecule has 0 amide bonds. The maximum absolute atomic E-state index is 5.29. The lowest BCUT2D eigenvalue weighted by molar-refractivity contribution is 0.408. The highest BCUT2D eigenvalue weighted by molar-refractivity contribution is 7.19. The van der Waals surface area contributed by atoms with Crippen molar-refractivity contribution in [3.63, 3.8) is 0 Å². The van der Waals surface area contributed by atoms with Gasteiger partial charge >= 0.3 is 0 Å². The Bertz CT molecular complexity index is 2520. The molecule has 4 heteroatoms. The number of aliphatic imine (C=N–C) groups is 1. The zero-order valence-electron chi connectivity index (χ0n) is 28.2. The Balaban J connectivity index is 1.17. The normalized spacial score (nSPS) is 18.7. The van der Waals surface area contributed by atoms with Gasteiger partial charge in [0.25, 0.3) is 0 Å². The number of nitrogens with one attached hydrogen (secondary N) is 2. The van der Waals surface area contributed by atoms with Crippen LogP contribution in [0.4, 0.5) is 0 Å². The highest BCUT2D eigenvalue weighted by Gasteiger charge is 2.39. The van der Waals surface area contributed by atoms with Gasteiger partial charge in [-0.2, -0.15) is 0 Å². The summed E-state index contributed by atoms with van der Waals surface area (Å²) in [6, 6.07) is 46.5. The van der Waals surface area contributed by atoms with Crippen LogP contribution in [-0.4, -0.2) is 5.84 Å². The molecule has 7 aromatic rings. The van der Waals surface area contributed by atoms with Crippen LogP contribution in [0.3, 0.4) is 0 Å².